The minimum Gasteiger partial charge on any atom is -0.346 e. The van der Waals surface area contributed by atoms with Gasteiger partial charge in [-0.15, -0.1) is 11.3 Å². The molecule has 5 nitrogen and oxygen atoms in total. The zero-order valence-corrected chi connectivity index (χ0v) is 19.7. The van der Waals surface area contributed by atoms with E-state index in [0.717, 1.165) is 39.9 Å². The molecule has 2 aromatic carbocycles. The smallest absolute Gasteiger partial charge is 0.252 e. The van der Waals surface area contributed by atoms with E-state index in [1.807, 2.05) is 52.5 Å². The number of hydrogen-bond donors (Lipinski definition) is 2. The molecule has 0 saturated carbocycles. The summed E-state index contributed by atoms with van der Waals surface area (Å²) in [5.74, 6) is -0.0580. The number of carbonyl (C=O) groups excluding carboxylic acids is 1. The quantitative estimate of drug-likeness (QED) is 0.405. The van der Waals surface area contributed by atoms with Gasteiger partial charge in [0, 0.05) is 35.8 Å². The monoisotopic (exact) mass is 444 g/mol. The molecule has 32 heavy (non-hydrogen) atoms. The number of nitrogens with one attached hydrogen (secondary N) is 2. The molecule has 2 aromatic heterocycles. The van der Waals surface area contributed by atoms with E-state index in [9.17, 15) is 4.79 Å². The van der Waals surface area contributed by atoms with Crippen molar-refractivity contribution in [2.24, 2.45) is 7.05 Å². The molecule has 0 aliphatic heterocycles. The third-order valence-corrected chi connectivity index (χ3v) is 6.49. The van der Waals surface area contributed by atoms with Gasteiger partial charge in [0.05, 0.1) is 12.2 Å². The fraction of sp³-hybridized carbons (Fsp3) is 0.231. The van der Waals surface area contributed by atoms with E-state index in [4.69, 9.17) is 0 Å². The largest absolute Gasteiger partial charge is 0.346 e. The summed E-state index contributed by atoms with van der Waals surface area (Å²) in [6.45, 7) is 4.74. The second-order valence-corrected chi connectivity index (χ2v) is 9.05. The van der Waals surface area contributed by atoms with Crippen LogP contribution in [0.15, 0.2) is 66.3 Å². The lowest BCUT2D eigenvalue weighted by atomic mass is 9.97. The Morgan fingerprint density at radius 3 is 2.62 bits per heavy atom. The van der Waals surface area contributed by atoms with Gasteiger partial charge in [0.2, 0.25) is 0 Å². The summed E-state index contributed by atoms with van der Waals surface area (Å²) in [6, 6.07) is 16.6. The molecule has 0 saturated heterocycles. The molecular weight excluding hydrogens is 416 g/mol. The summed E-state index contributed by atoms with van der Waals surface area (Å²) in [5, 5.41) is 12.8. The lowest BCUT2D eigenvalue weighted by Gasteiger charge is -2.18. The average Bonchev–Trinajstić information content (AvgIpc) is 3.47. The van der Waals surface area contributed by atoms with Crippen LogP contribution >= 0.6 is 11.3 Å². The van der Waals surface area contributed by atoms with Crippen molar-refractivity contribution < 1.29 is 4.79 Å². The molecule has 1 amide bonds. The number of benzene rings is 2. The van der Waals surface area contributed by atoms with Gasteiger partial charge in [-0.05, 0) is 84.4 Å². The lowest BCUT2D eigenvalue weighted by molar-refractivity contribution is 0.0939. The van der Waals surface area contributed by atoms with Gasteiger partial charge in [0.1, 0.15) is 0 Å². The highest BCUT2D eigenvalue weighted by atomic mass is 32.1. The summed E-state index contributed by atoms with van der Waals surface area (Å²) in [6.07, 6.45) is 3.88. The Bertz CT molecular complexity index is 1230. The van der Waals surface area contributed by atoms with E-state index in [-0.39, 0.29) is 11.9 Å². The number of hydrogen-bond acceptors (Lipinski definition) is 4. The summed E-state index contributed by atoms with van der Waals surface area (Å²) in [4.78, 5) is 14.3. The number of nitrogens with zero attached hydrogens (tertiary/aromatic N) is 2. The molecule has 0 fully saturated rings. The molecule has 164 valence electrons. The number of thiophene rings is 1. The summed E-state index contributed by atoms with van der Waals surface area (Å²) in [7, 11) is 3.82. The third kappa shape index (κ3) is 4.82. The average molecular weight is 445 g/mol. The first-order valence-corrected chi connectivity index (χ1v) is 11.6. The SMILES string of the molecule is CNCc1ccc(C)c(C(=O)NC(C)c2cc(-c3cnn(C)c3)cc(-c3cccs3)c2)c1. The molecule has 2 N–H and O–H groups in total. The van der Waals surface area contributed by atoms with Gasteiger partial charge >= 0.3 is 0 Å². The number of amides is 1. The van der Waals surface area contributed by atoms with Gasteiger partial charge in [-0.3, -0.25) is 9.48 Å². The molecule has 6 heteroatoms. The maximum absolute atomic E-state index is 13.1. The molecule has 0 spiro atoms. The van der Waals surface area contributed by atoms with E-state index in [2.05, 4.69) is 57.5 Å². The van der Waals surface area contributed by atoms with E-state index >= 15 is 0 Å². The lowest BCUT2D eigenvalue weighted by Crippen LogP contribution is -2.27. The van der Waals surface area contributed by atoms with Gasteiger partial charge in [-0.25, -0.2) is 0 Å². The second kappa shape index (κ2) is 9.51. The van der Waals surface area contributed by atoms with Gasteiger partial charge in [-0.1, -0.05) is 18.2 Å². The standard InChI is InChI=1S/C26H28N4OS/c1-17-7-8-19(14-27-3)10-24(17)26(31)29-18(2)20-11-21(23-15-28-30(4)16-23)13-22(12-20)25-6-5-9-32-25/h5-13,15-16,18,27H,14H2,1-4H3,(H,29,31). The van der Waals surface area contributed by atoms with Crippen LogP contribution < -0.4 is 10.6 Å². The number of carbonyl (C=O) groups is 1. The predicted molar refractivity (Wildman–Crippen MR) is 132 cm³/mol. The zero-order valence-electron chi connectivity index (χ0n) is 18.8. The maximum atomic E-state index is 13.1. The number of rotatable bonds is 7. The summed E-state index contributed by atoms with van der Waals surface area (Å²) >= 11 is 1.71. The van der Waals surface area contributed by atoms with Crippen molar-refractivity contribution in [3.05, 3.63) is 88.6 Å². The van der Waals surface area contributed by atoms with Crippen LogP contribution in [0.1, 0.15) is 40.0 Å². The van der Waals surface area contributed by atoms with Gasteiger partial charge in [-0.2, -0.15) is 5.10 Å². The number of aryl methyl sites for hydroxylation is 2. The third-order valence-electron chi connectivity index (χ3n) is 5.57. The van der Waals surface area contributed by atoms with Crippen LogP contribution in [0.2, 0.25) is 0 Å². The second-order valence-electron chi connectivity index (χ2n) is 8.10. The van der Waals surface area contributed by atoms with Crippen molar-refractivity contribution in [3.8, 4) is 21.6 Å². The van der Waals surface area contributed by atoms with Crippen LogP contribution in [0.3, 0.4) is 0 Å². The Balaban J connectivity index is 1.66. The normalized spacial score (nSPS) is 12.0. The predicted octanol–water partition coefficient (Wildman–Crippen LogP) is 5.33. The van der Waals surface area contributed by atoms with Gasteiger partial charge in [0.15, 0.2) is 0 Å². The Labute approximate surface area is 193 Å². The highest BCUT2D eigenvalue weighted by molar-refractivity contribution is 7.13. The minimum absolute atomic E-state index is 0.0580. The Morgan fingerprint density at radius 2 is 1.94 bits per heavy atom. The van der Waals surface area contributed by atoms with Gasteiger partial charge < -0.3 is 10.6 Å². The summed E-state index contributed by atoms with van der Waals surface area (Å²) < 4.78 is 1.80. The Kier molecular flexibility index (Phi) is 6.53. The van der Waals surface area contributed by atoms with Crippen molar-refractivity contribution in [3.63, 3.8) is 0 Å². The van der Waals surface area contributed by atoms with Crippen LogP contribution in [0, 0.1) is 6.92 Å². The van der Waals surface area contributed by atoms with Crippen molar-refractivity contribution in [2.45, 2.75) is 26.4 Å². The molecule has 1 unspecified atom stereocenters. The maximum Gasteiger partial charge on any atom is 0.252 e. The first-order valence-electron chi connectivity index (χ1n) is 10.7. The molecule has 2 heterocycles. The molecule has 0 radical (unpaired) electrons. The highest BCUT2D eigenvalue weighted by Gasteiger charge is 2.16. The molecule has 0 bridgehead atoms. The number of aromatic nitrogens is 2. The fourth-order valence-electron chi connectivity index (χ4n) is 3.81. The Hall–Kier alpha value is -3.22. The van der Waals surface area contributed by atoms with Gasteiger partial charge in [0.25, 0.3) is 5.91 Å². The topological polar surface area (TPSA) is 59.0 Å². The van der Waals surface area contributed by atoms with Crippen LogP contribution in [0.4, 0.5) is 0 Å². The summed E-state index contributed by atoms with van der Waals surface area (Å²) in [5.41, 5.74) is 7.13. The van der Waals surface area contributed by atoms with Crippen LogP contribution in [0.5, 0.6) is 0 Å². The molecule has 0 aliphatic carbocycles. The molecule has 4 rings (SSSR count). The minimum atomic E-state index is -0.148. The first-order chi connectivity index (χ1) is 15.4. The van der Waals surface area contributed by atoms with Crippen molar-refractivity contribution in [1.29, 1.82) is 0 Å². The molecule has 0 aliphatic rings. The fourth-order valence-corrected chi connectivity index (χ4v) is 4.52. The molecular formula is C26H28N4OS. The van der Waals surface area contributed by atoms with E-state index < -0.39 is 0 Å². The van der Waals surface area contributed by atoms with Crippen molar-refractivity contribution >= 4 is 17.2 Å². The van der Waals surface area contributed by atoms with Crippen LogP contribution in [-0.4, -0.2) is 22.7 Å². The van der Waals surface area contributed by atoms with E-state index in [1.165, 1.54) is 4.88 Å². The highest BCUT2D eigenvalue weighted by Crippen LogP contribution is 2.32. The van der Waals surface area contributed by atoms with E-state index in [0.29, 0.717) is 5.56 Å². The van der Waals surface area contributed by atoms with Crippen LogP contribution in [-0.2, 0) is 13.6 Å². The van der Waals surface area contributed by atoms with E-state index in [1.54, 1.807) is 16.0 Å². The van der Waals surface area contributed by atoms with Crippen molar-refractivity contribution in [2.75, 3.05) is 7.05 Å². The van der Waals surface area contributed by atoms with Crippen molar-refractivity contribution in [1.82, 2.24) is 20.4 Å². The first kappa shape index (κ1) is 22.0. The Morgan fingerprint density at radius 1 is 1.12 bits per heavy atom. The molecule has 4 aromatic rings. The van der Waals surface area contributed by atoms with Crippen LogP contribution in [0.25, 0.3) is 21.6 Å². The zero-order chi connectivity index (χ0) is 22.7. The molecule has 1 atom stereocenters.